The number of anilines is 2. The Bertz CT molecular complexity index is 434. The first-order chi connectivity index (χ1) is 9.76. The molecule has 4 nitrogen and oxygen atoms in total. The second-order valence-electron chi connectivity index (χ2n) is 6.08. The molecule has 0 aromatic heterocycles. The number of nitrogen functional groups attached to an aromatic ring is 1. The number of hydrogen-bond donors (Lipinski definition) is 1. The summed E-state index contributed by atoms with van der Waals surface area (Å²) in [6.45, 7) is 5.42. The molecule has 3 heterocycles. The summed E-state index contributed by atoms with van der Waals surface area (Å²) >= 11 is 0. The van der Waals surface area contributed by atoms with Crippen molar-refractivity contribution in [1.29, 1.82) is 0 Å². The second-order valence-corrected chi connectivity index (χ2v) is 6.08. The van der Waals surface area contributed by atoms with E-state index in [1.54, 1.807) is 7.11 Å². The highest BCUT2D eigenvalue weighted by Crippen LogP contribution is 2.30. The van der Waals surface area contributed by atoms with E-state index in [2.05, 4.69) is 21.9 Å². The number of hydrogen-bond acceptors (Lipinski definition) is 4. The molecule has 2 atom stereocenters. The summed E-state index contributed by atoms with van der Waals surface area (Å²) in [5.41, 5.74) is 7.94. The number of rotatable bonds is 4. The van der Waals surface area contributed by atoms with Crippen LogP contribution in [0.4, 0.5) is 11.4 Å². The summed E-state index contributed by atoms with van der Waals surface area (Å²) in [5.74, 6) is 0.781. The Morgan fingerprint density at radius 1 is 1.15 bits per heavy atom. The molecule has 0 spiro atoms. The number of nitrogens with zero attached hydrogens (tertiary/aromatic N) is 2. The molecule has 3 aliphatic rings. The van der Waals surface area contributed by atoms with E-state index in [9.17, 15) is 0 Å². The van der Waals surface area contributed by atoms with Crippen LogP contribution in [0.3, 0.4) is 0 Å². The smallest absolute Gasteiger partial charge is 0.0589 e. The van der Waals surface area contributed by atoms with Crippen LogP contribution in [0.25, 0.3) is 0 Å². The quantitative estimate of drug-likeness (QED) is 0.851. The molecule has 1 aromatic carbocycles. The van der Waals surface area contributed by atoms with Gasteiger partial charge in [-0.05, 0) is 43.0 Å². The average Bonchev–Trinajstić information content (AvgIpc) is 2.77. The molecule has 0 amide bonds. The predicted molar refractivity (Wildman–Crippen MR) is 83.0 cm³/mol. The number of piperidine rings is 1. The topological polar surface area (TPSA) is 41.7 Å². The monoisotopic (exact) mass is 275 g/mol. The Labute approximate surface area is 121 Å². The Kier molecular flexibility index (Phi) is 4.13. The summed E-state index contributed by atoms with van der Waals surface area (Å²) in [4.78, 5) is 5.16. The van der Waals surface area contributed by atoms with Gasteiger partial charge in [0.15, 0.2) is 0 Å². The molecule has 0 radical (unpaired) electrons. The molecule has 110 valence electrons. The molecule has 4 rings (SSSR count). The van der Waals surface area contributed by atoms with E-state index in [1.165, 1.54) is 31.6 Å². The fourth-order valence-corrected chi connectivity index (χ4v) is 3.56. The minimum absolute atomic E-state index is 0.668. The van der Waals surface area contributed by atoms with Crippen LogP contribution < -0.4 is 10.6 Å². The maximum Gasteiger partial charge on any atom is 0.0589 e. The third-order valence-electron chi connectivity index (χ3n) is 4.67. The summed E-state index contributed by atoms with van der Waals surface area (Å²) in [7, 11) is 1.79. The molecule has 20 heavy (non-hydrogen) atoms. The van der Waals surface area contributed by atoms with Crippen molar-refractivity contribution in [3.8, 4) is 0 Å². The molecule has 2 bridgehead atoms. The summed E-state index contributed by atoms with van der Waals surface area (Å²) in [5, 5.41) is 0. The van der Waals surface area contributed by atoms with Crippen molar-refractivity contribution in [3.63, 3.8) is 0 Å². The van der Waals surface area contributed by atoms with Gasteiger partial charge in [-0.1, -0.05) is 0 Å². The standard InChI is InChI=1S/C16H25N3O/c1-20-9-8-18-10-13-2-5-16(18)12-19(11-13)15-6-3-14(17)4-7-15/h3-4,6-7,13,16H,2,5,8-12,17H2,1H3. The van der Waals surface area contributed by atoms with Gasteiger partial charge in [0, 0.05) is 50.7 Å². The van der Waals surface area contributed by atoms with Crippen molar-refractivity contribution in [2.45, 2.75) is 18.9 Å². The number of ether oxygens (including phenoxy) is 1. The maximum absolute atomic E-state index is 5.79. The number of benzene rings is 1. The van der Waals surface area contributed by atoms with Crippen LogP contribution in [-0.4, -0.2) is 50.8 Å². The normalized spacial score (nSPS) is 26.8. The van der Waals surface area contributed by atoms with Gasteiger partial charge >= 0.3 is 0 Å². The van der Waals surface area contributed by atoms with E-state index < -0.39 is 0 Å². The largest absolute Gasteiger partial charge is 0.399 e. The molecular weight excluding hydrogens is 250 g/mol. The van der Waals surface area contributed by atoms with Crippen molar-refractivity contribution >= 4 is 11.4 Å². The van der Waals surface area contributed by atoms with Crippen LogP contribution in [0.1, 0.15) is 12.8 Å². The van der Waals surface area contributed by atoms with E-state index in [1.807, 2.05) is 12.1 Å². The summed E-state index contributed by atoms with van der Waals surface area (Å²) < 4.78 is 5.25. The zero-order chi connectivity index (χ0) is 13.9. The van der Waals surface area contributed by atoms with Gasteiger partial charge in [-0.15, -0.1) is 0 Å². The average molecular weight is 275 g/mol. The van der Waals surface area contributed by atoms with Gasteiger partial charge in [-0.2, -0.15) is 0 Å². The highest BCUT2D eigenvalue weighted by Gasteiger charge is 2.34. The maximum atomic E-state index is 5.79. The van der Waals surface area contributed by atoms with Gasteiger partial charge in [-0.3, -0.25) is 4.90 Å². The van der Waals surface area contributed by atoms with E-state index >= 15 is 0 Å². The van der Waals surface area contributed by atoms with Gasteiger partial charge in [0.2, 0.25) is 0 Å². The molecule has 0 aliphatic carbocycles. The molecule has 0 saturated carbocycles. The minimum atomic E-state index is 0.668. The van der Waals surface area contributed by atoms with Gasteiger partial charge in [0.1, 0.15) is 0 Å². The highest BCUT2D eigenvalue weighted by atomic mass is 16.5. The van der Waals surface area contributed by atoms with E-state index in [-0.39, 0.29) is 0 Å². The third kappa shape index (κ3) is 2.91. The number of nitrogens with two attached hydrogens (primary N) is 1. The van der Waals surface area contributed by atoms with Gasteiger partial charge in [0.25, 0.3) is 0 Å². The molecule has 4 heteroatoms. The van der Waals surface area contributed by atoms with Crippen molar-refractivity contribution in [2.24, 2.45) is 5.92 Å². The molecule has 3 saturated heterocycles. The lowest BCUT2D eigenvalue weighted by atomic mass is 9.95. The lowest BCUT2D eigenvalue weighted by Crippen LogP contribution is -2.45. The van der Waals surface area contributed by atoms with Gasteiger partial charge < -0.3 is 15.4 Å². The minimum Gasteiger partial charge on any atom is -0.399 e. The lowest BCUT2D eigenvalue weighted by Gasteiger charge is -2.35. The number of fused-ring (bicyclic) bond motifs is 4. The fourth-order valence-electron chi connectivity index (χ4n) is 3.56. The molecular formula is C16H25N3O. The molecule has 1 aromatic rings. The molecule has 2 unspecified atom stereocenters. The molecule has 2 N–H and O–H groups in total. The van der Waals surface area contributed by atoms with E-state index in [0.29, 0.717) is 6.04 Å². The summed E-state index contributed by atoms with van der Waals surface area (Å²) in [6, 6.07) is 8.98. The third-order valence-corrected chi connectivity index (χ3v) is 4.67. The van der Waals surface area contributed by atoms with Crippen LogP contribution >= 0.6 is 0 Å². The highest BCUT2D eigenvalue weighted by molar-refractivity contribution is 5.53. The zero-order valence-electron chi connectivity index (χ0n) is 12.3. The van der Waals surface area contributed by atoms with E-state index in [4.69, 9.17) is 10.5 Å². The van der Waals surface area contributed by atoms with Gasteiger partial charge in [0.05, 0.1) is 6.61 Å². The van der Waals surface area contributed by atoms with Gasteiger partial charge in [-0.25, -0.2) is 0 Å². The molecule has 3 fully saturated rings. The van der Waals surface area contributed by atoms with E-state index in [0.717, 1.165) is 31.3 Å². The van der Waals surface area contributed by atoms with Crippen molar-refractivity contribution in [2.75, 3.05) is 50.5 Å². The second kappa shape index (κ2) is 6.02. The SMILES string of the molecule is COCCN1CC2CCC1CN(c1ccc(N)cc1)C2. The number of methoxy groups -OCH3 is 1. The first-order valence-corrected chi connectivity index (χ1v) is 7.59. The van der Waals surface area contributed by atoms with Crippen LogP contribution in [0.15, 0.2) is 24.3 Å². The summed E-state index contributed by atoms with van der Waals surface area (Å²) in [6.07, 6.45) is 2.68. The van der Waals surface area contributed by atoms with Crippen molar-refractivity contribution < 1.29 is 4.74 Å². The lowest BCUT2D eigenvalue weighted by molar-refractivity contribution is 0.0889. The van der Waals surface area contributed by atoms with Crippen molar-refractivity contribution in [3.05, 3.63) is 24.3 Å². The van der Waals surface area contributed by atoms with Crippen LogP contribution in [0, 0.1) is 5.92 Å². The Morgan fingerprint density at radius 2 is 1.95 bits per heavy atom. The van der Waals surface area contributed by atoms with Crippen LogP contribution in [-0.2, 0) is 4.74 Å². The predicted octanol–water partition coefficient (Wildman–Crippen LogP) is 1.82. The Morgan fingerprint density at radius 3 is 2.70 bits per heavy atom. The fraction of sp³-hybridized carbons (Fsp3) is 0.625. The first kappa shape index (κ1) is 13.7. The zero-order valence-corrected chi connectivity index (χ0v) is 12.3. The Hall–Kier alpha value is -1.26. The van der Waals surface area contributed by atoms with Crippen LogP contribution in [0.2, 0.25) is 0 Å². The van der Waals surface area contributed by atoms with Crippen molar-refractivity contribution in [1.82, 2.24) is 4.90 Å². The first-order valence-electron chi connectivity index (χ1n) is 7.59. The molecule has 3 aliphatic heterocycles. The van der Waals surface area contributed by atoms with Crippen LogP contribution in [0.5, 0.6) is 0 Å². The Balaban J connectivity index is 1.72.